The number of hydrogen-bond acceptors (Lipinski definition) is 4. The SMILES string of the molecule is CCCCCN(C)c1nc(CC)nc(NCC)c1C. The van der Waals surface area contributed by atoms with Gasteiger partial charge in [-0.3, -0.25) is 0 Å². The minimum absolute atomic E-state index is 0.870. The van der Waals surface area contributed by atoms with Gasteiger partial charge in [0.05, 0.1) is 0 Å². The normalized spacial score (nSPS) is 10.6. The minimum atomic E-state index is 0.870. The summed E-state index contributed by atoms with van der Waals surface area (Å²) >= 11 is 0. The van der Waals surface area contributed by atoms with Gasteiger partial charge >= 0.3 is 0 Å². The summed E-state index contributed by atoms with van der Waals surface area (Å²) in [4.78, 5) is 11.5. The van der Waals surface area contributed by atoms with E-state index in [1.807, 2.05) is 0 Å². The van der Waals surface area contributed by atoms with E-state index in [2.05, 4.69) is 54.9 Å². The van der Waals surface area contributed by atoms with Crippen LogP contribution >= 0.6 is 0 Å². The van der Waals surface area contributed by atoms with Crippen molar-refractivity contribution in [3.63, 3.8) is 0 Å². The van der Waals surface area contributed by atoms with Crippen molar-refractivity contribution < 1.29 is 0 Å². The van der Waals surface area contributed by atoms with Crippen molar-refractivity contribution in [1.29, 1.82) is 0 Å². The molecule has 4 nitrogen and oxygen atoms in total. The van der Waals surface area contributed by atoms with Gasteiger partial charge in [0.15, 0.2) is 0 Å². The number of aromatic nitrogens is 2. The second-order valence-electron chi connectivity index (χ2n) is 4.95. The maximum atomic E-state index is 4.69. The van der Waals surface area contributed by atoms with Gasteiger partial charge < -0.3 is 10.2 Å². The van der Waals surface area contributed by atoms with Gasteiger partial charge in [0.2, 0.25) is 0 Å². The number of unbranched alkanes of at least 4 members (excludes halogenated alkanes) is 2. The highest BCUT2D eigenvalue weighted by Crippen LogP contribution is 2.23. The van der Waals surface area contributed by atoms with E-state index in [9.17, 15) is 0 Å². The van der Waals surface area contributed by atoms with Crippen molar-refractivity contribution in [2.24, 2.45) is 0 Å². The Morgan fingerprint density at radius 2 is 1.84 bits per heavy atom. The van der Waals surface area contributed by atoms with Gasteiger partial charge in [0.25, 0.3) is 0 Å². The van der Waals surface area contributed by atoms with E-state index >= 15 is 0 Å². The predicted octanol–water partition coefficient (Wildman–Crippen LogP) is 3.41. The van der Waals surface area contributed by atoms with Gasteiger partial charge in [-0.05, 0) is 20.3 Å². The predicted molar refractivity (Wildman–Crippen MR) is 83.1 cm³/mol. The van der Waals surface area contributed by atoms with Crippen molar-refractivity contribution in [2.45, 2.75) is 53.4 Å². The molecule has 0 spiro atoms. The fraction of sp³-hybridized carbons (Fsp3) is 0.733. The van der Waals surface area contributed by atoms with Crippen LogP contribution in [0.5, 0.6) is 0 Å². The van der Waals surface area contributed by atoms with Crippen LogP contribution in [-0.4, -0.2) is 30.1 Å². The molecule has 1 rings (SSSR count). The molecule has 1 heterocycles. The largest absolute Gasteiger partial charge is 0.370 e. The second kappa shape index (κ2) is 7.97. The summed E-state index contributed by atoms with van der Waals surface area (Å²) in [5, 5.41) is 3.34. The van der Waals surface area contributed by atoms with Crippen LogP contribution in [0.3, 0.4) is 0 Å². The van der Waals surface area contributed by atoms with Gasteiger partial charge in [0, 0.05) is 32.1 Å². The molecule has 0 aliphatic carbocycles. The van der Waals surface area contributed by atoms with Gasteiger partial charge in [-0.25, -0.2) is 9.97 Å². The second-order valence-corrected chi connectivity index (χ2v) is 4.95. The molecule has 0 amide bonds. The third kappa shape index (κ3) is 4.37. The Kier molecular flexibility index (Phi) is 6.60. The summed E-state index contributed by atoms with van der Waals surface area (Å²) in [7, 11) is 2.13. The van der Waals surface area contributed by atoms with Crippen LogP contribution in [0, 0.1) is 6.92 Å². The number of nitrogens with one attached hydrogen (secondary N) is 1. The molecule has 0 saturated carbocycles. The number of anilines is 2. The van der Waals surface area contributed by atoms with Crippen molar-refractivity contribution in [3.8, 4) is 0 Å². The van der Waals surface area contributed by atoms with E-state index in [4.69, 9.17) is 0 Å². The monoisotopic (exact) mass is 264 g/mol. The third-order valence-electron chi connectivity index (χ3n) is 3.29. The molecule has 0 fully saturated rings. The molecule has 1 aromatic rings. The molecule has 0 unspecified atom stereocenters. The number of nitrogens with zero attached hydrogens (tertiary/aromatic N) is 3. The van der Waals surface area contributed by atoms with Crippen LogP contribution in [0.4, 0.5) is 11.6 Å². The van der Waals surface area contributed by atoms with Gasteiger partial charge in [-0.1, -0.05) is 26.7 Å². The standard InChI is InChI=1S/C15H28N4/c1-6-9-10-11-19(5)15-12(4)14(16-8-3)17-13(7-2)18-15/h6-11H2,1-5H3,(H,16,17,18). The highest BCUT2D eigenvalue weighted by atomic mass is 15.2. The first kappa shape index (κ1) is 15.7. The summed E-state index contributed by atoms with van der Waals surface area (Å²) in [6, 6.07) is 0. The van der Waals surface area contributed by atoms with Gasteiger partial charge in [-0.15, -0.1) is 0 Å². The van der Waals surface area contributed by atoms with Crippen LogP contribution in [0.25, 0.3) is 0 Å². The molecule has 108 valence electrons. The van der Waals surface area contributed by atoms with Crippen molar-refractivity contribution in [1.82, 2.24) is 9.97 Å². The summed E-state index contributed by atoms with van der Waals surface area (Å²) in [6.45, 7) is 10.5. The van der Waals surface area contributed by atoms with Crippen LogP contribution in [0.15, 0.2) is 0 Å². The van der Waals surface area contributed by atoms with E-state index < -0.39 is 0 Å². The highest BCUT2D eigenvalue weighted by Gasteiger charge is 2.13. The molecule has 19 heavy (non-hydrogen) atoms. The Balaban J connectivity index is 2.93. The van der Waals surface area contributed by atoms with Crippen LogP contribution < -0.4 is 10.2 Å². The van der Waals surface area contributed by atoms with E-state index in [1.165, 1.54) is 19.3 Å². The molecule has 1 N–H and O–H groups in total. The average molecular weight is 264 g/mol. The maximum Gasteiger partial charge on any atom is 0.137 e. The Hall–Kier alpha value is -1.32. The lowest BCUT2D eigenvalue weighted by molar-refractivity contribution is 0.698. The zero-order valence-corrected chi connectivity index (χ0v) is 13.1. The lowest BCUT2D eigenvalue weighted by Crippen LogP contribution is -2.22. The molecule has 0 bridgehead atoms. The van der Waals surface area contributed by atoms with E-state index in [0.717, 1.165) is 42.5 Å². The zero-order valence-electron chi connectivity index (χ0n) is 13.1. The number of rotatable bonds is 8. The summed E-state index contributed by atoms with van der Waals surface area (Å²) in [5.41, 5.74) is 1.15. The average Bonchev–Trinajstić information content (AvgIpc) is 2.41. The Bertz CT molecular complexity index is 390. The third-order valence-corrected chi connectivity index (χ3v) is 3.29. The lowest BCUT2D eigenvalue weighted by atomic mass is 10.2. The Morgan fingerprint density at radius 1 is 1.11 bits per heavy atom. The molecule has 0 aliphatic rings. The van der Waals surface area contributed by atoms with Crippen LogP contribution in [0.2, 0.25) is 0 Å². The molecular weight excluding hydrogens is 236 g/mol. The molecule has 0 aliphatic heterocycles. The van der Waals surface area contributed by atoms with Crippen LogP contribution in [-0.2, 0) is 6.42 Å². The number of hydrogen-bond donors (Lipinski definition) is 1. The minimum Gasteiger partial charge on any atom is -0.370 e. The maximum absolute atomic E-state index is 4.69. The number of aryl methyl sites for hydroxylation is 1. The molecular formula is C15H28N4. The van der Waals surface area contributed by atoms with Crippen molar-refractivity contribution in [2.75, 3.05) is 30.4 Å². The molecule has 4 heteroatoms. The quantitative estimate of drug-likeness (QED) is 0.731. The lowest BCUT2D eigenvalue weighted by Gasteiger charge is -2.22. The van der Waals surface area contributed by atoms with Crippen molar-refractivity contribution >= 4 is 11.6 Å². The molecule has 1 aromatic heterocycles. The topological polar surface area (TPSA) is 41.1 Å². The zero-order chi connectivity index (χ0) is 14.3. The molecule has 0 saturated heterocycles. The first-order valence-corrected chi connectivity index (χ1v) is 7.46. The summed E-state index contributed by atoms with van der Waals surface area (Å²) in [5.74, 6) is 2.96. The first-order chi connectivity index (χ1) is 9.13. The van der Waals surface area contributed by atoms with E-state index in [1.54, 1.807) is 0 Å². The van der Waals surface area contributed by atoms with Crippen molar-refractivity contribution in [3.05, 3.63) is 11.4 Å². The van der Waals surface area contributed by atoms with E-state index in [-0.39, 0.29) is 0 Å². The van der Waals surface area contributed by atoms with Gasteiger partial charge in [0.1, 0.15) is 17.5 Å². The van der Waals surface area contributed by atoms with Gasteiger partial charge in [-0.2, -0.15) is 0 Å². The fourth-order valence-corrected chi connectivity index (χ4v) is 2.12. The Morgan fingerprint density at radius 3 is 2.42 bits per heavy atom. The fourth-order valence-electron chi connectivity index (χ4n) is 2.12. The molecule has 0 radical (unpaired) electrons. The first-order valence-electron chi connectivity index (χ1n) is 7.46. The summed E-state index contributed by atoms with van der Waals surface area (Å²) < 4.78 is 0. The van der Waals surface area contributed by atoms with E-state index in [0.29, 0.717) is 0 Å². The van der Waals surface area contributed by atoms with Crippen LogP contribution in [0.1, 0.15) is 51.4 Å². The molecule has 0 aromatic carbocycles. The Labute approximate surface area is 117 Å². The summed E-state index contributed by atoms with van der Waals surface area (Å²) in [6.07, 6.45) is 4.61. The highest BCUT2D eigenvalue weighted by molar-refractivity contribution is 5.58. The smallest absolute Gasteiger partial charge is 0.137 e. The molecule has 0 atom stereocenters.